The quantitative estimate of drug-likeness (QED) is 0.766. The first-order valence-corrected chi connectivity index (χ1v) is 7.35. The third-order valence-electron chi connectivity index (χ3n) is 3.28. The number of nitrogens with one attached hydrogen (secondary N) is 2. The summed E-state index contributed by atoms with van der Waals surface area (Å²) in [6, 6.07) is 0.238. The third kappa shape index (κ3) is 4.34. The van der Waals surface area contributed by atoms with Crippen molar-refractivity contribution in [3.8, 4) is 0 Å². The first kappa shape index (κ1) is 16.7. The van der Waals surface area contributed by atoms with Gasteiger partial charge < -0.3 is 15.4 Å². The molecular formula is C15H28N4O. The van der Waals surface area contributed by atoms with Gasteiger partial charge in [0, 0.05) is 19.2 Å². The molecule has 114 valence electrons. The van der Waals surface area contributed by atoms with Crippen LogP contribution >= 0.6 is 0 Å². The van der Waals surface area contributed by atoms with Crippen molar-refractivity contribution >= 4 is 11.6 Å². The molecule has 1 aromatic rings. The number of ether oxygens (including phenoxy) is 1. The van der Waals surface area contributed by atoms with Crippen LogP contribution in [0.2, 0.25) is 0 Å². The normalized spacial score (nSPS) is 12.8. The molecule has 0 saturated heterocycles. The predicted octanol–water partition coefficient (Wildman–Crippen LogP) is 3.11. The van der Waals surface area contributed by atoms with Gasteiger partial charge in [0.1, 0.15) is 18.0 Å². The Bertz CT molecular complexity index is 407. The van der Waals surface area contributed by atoms with Gasteiger partial charge in [0.15, 0.2) is 0 Å². The van der Waals surface area contributed by atoms with Crippen molar-refractivity contribution in [1.29, 1.82) is 0 Å². The number of rotatable bonds is 8. The summed E-state index contributed by atoms with van der Waals surface area (Å²) >= 11 is 0. The SMILES string of the molecule is CCNc1ncnc(NC(COC)C(C)C)c1C(C)C. The van der Waals surface area contributed by atoms with Gasteiger partial charge in [-0.2, -0.15) is 0 Å². The zero-order chi connectivity index (χ0) is 15.1. The predicted molar refractivity (Wildman–Crippen MR) is 84.4 cm³/mol. The Kier molecular flexibility index (Phi) is 6.71. The summed E-state index contributed by atoms with van der Waals surface area (Å²) in [5.41, 5.74) is 1.14. The van der Waals surface area contributed by atoms with Gasteiger partial charge in [0.2, 0.25) is 0 Å². The van der Waals surface area contributed by atoms with E-state index >= 15 is 0 Å². The average Bonchev–Trinajstić information content (AvgIpc) is 2.38. The molecule has 2 N–H and O–H groups in total. The second-order valence-corrected chi connectivity index (χ2v) is 5.62. The van der Waals surface area contributed by atoms with Gasteiger partial charge in [-0.1, -0.05) is 27.7 Å². The van der Waals surface area contributed by atoms with Crippen LogP contribution in [0.4, 0.5) is 11.6 Å². The molecule has 0 aromatic carbocycles. The van der Waals surface area contributed by atoms with Crippen molar-refractivity contribution in [3.05, 3.63) is 11.9 Å². The molecular weight excluding hydrogens is 252 g/mol. The molecule has 0 aliphatic heterocycles. The molecule has 0 amide bonds. The minimum absolute atomic E-state index is 0.238. The smallest absolute Gasteiger partial charge is 0.135 e. The summed E-state index contributed by atoms with van der Waals surface area (Å²) in [6.07, 6.45) is 1.61. The summed E-state index contributed by atoms with van der Waals surface area (Å²) in [5, 5.41) is 6.82. The zero-order valence-electron chi connectivity index (χ0n) is 13.5. The van der Waals surface area contributed by atoms with Gasteiger partial charge in [-0.05, 0) is 18.8 Å². The lowest BCUT2D eigenvalue weighted by Gasteiger charge is -2.25. The van der Waals surface area contributed by atoms with Gasteiger partial charge in [0.05, 0.1) is 12.6 Å². The summed E-state index contributed by atoms with van der Waals surface area (Å²) in [7, 11) is 1.73. The Morgan fingerprint density at radius 3 is 2.30 bits per heavy atom. The Morgan fingerprint density at radius 1 is 1.15 bits per heavy atom. The maximum absolute atomic E-state index is 5.29. The van der Waals surface area contributed by atoms with E-state index in [2.05, 4.69) is 55.2 Å². The molecule has 1 aromatic heterocycles. The van der Waals surface area contributed by atoms with E-state index in [0.29, 0.717) is 18.4 Å². The molecule has 1 heterocycles. The fourth-order valence-corrected chi connectivity index (χ4v) is 2.12. The van der Waals surface area contributed by atoms with E-state index in [1.807, 2.05) is 0 Å². The van der Waals surface area contributed by atoms with Gasteiger partial charge in [-0.25, -0.2) is 9.97 Å². The van der Waals surface area contributed by atoms with E-state index in [-0.39, 0.29) is 6.04 Å². The van der Waals surface area contributed by atoms with Gasteiger partial charge >= 0.3 is 0 Å². The number of anilines is 2. The molecule has 0 radical (unpaired) electrons. The largest absolute Gasteiger partial charge is 0.383 e. The Labute approximate surface area is 122 Å². The number of methoxy groups -OCH3 is 1. The van der Waals surface area contributed by atoms with E-state index in [1.54, 1.807) is 13.4 Å². The molecule has 5 nitrogen and oxygen atoms in total. The maximum Gasteiger partial charge on any atom is 0.135 e. The van der Waals surface area contributed by atoms with Crippen LogP contribution in [-0.2, 0) is 4.74 Å². The van der Waals surface area contributed by atoms with E-state index in [0.717, 1.165) is 23.7 Å². The second kappa shape index (κ2) is 8.04. The topological polar surface area (TPSA) is 59.1 Å². The summed E-state index contributed by atoms with van der Waals surface area (Å²) in [5.74, 6) is 2.64. The van der Waals surface area contributed by atoms with Crippen LogP contribution in [-0.4, -0.2) is 36.3 Å². The highest BCUT2D eigenvalue weighted by Crippen LogP contribution is 2.29. The third-order valence-corrected chi connectivity index (χ3v) is 3.28. The van der Waals surface area contributed by atoms with Crippen LogP contribution in [0, 0.1) is 5.92 Å². The molecule has 1 rings (SSSR count). The molecule has 20 heavy (non-hydrogen) atoms. The molecule has 5 heteroatoms. The number of aromatic nitrogens is 2. The maximum atomic E-state index is 5.29. The van der Waals surface area contributed by atoms with Gasteiger partial charge in [0.25, 0.3) is 0 Å². The highest BCUT2D eigenvalue weighted by Gasteiger charge is 2.19. The Balaban J connectivity index is 3.06. The van der Waals surface area contributed by atoms with E-state index in [4.69, 9.17) is 4.74 Å². The van der Waals surface area contributed by atoms with Gasteiger partial charge in [-0.3, -0.25) is 0 Å². The highest BCUT2D eigenvalue weighted by molar-refractivity contribution is 5.59. The first-order chi connectivity index (χ1) is 9.51. The standard InChI is InChI=1S/C15H28N4O/c1-7-16-14-13(11(4)5)15(18-9-17-14)19-12(8-20-6)10(2)3/h9-12H,7-8H2,1-6H3,(H2,16,17,18,19). The molecule has 0 bridgehead atoms. The minimum atomic E-state index is 0.238. The van der Waals surface area contributed by atoms with E-state index in [1.165, 1.54) is 0 Å². The van der Waals surface area contributed by atoms with Crippen LogP contribution in [0.15, 0.2) is 6.33 Å². The second-order valence-electron chi connectivity index (χ2n) is 5.62. The van der Waals surface area contributed by atoms with E-state index < -0.39 is 0 Å². The van der Waals surface area contributed by atoms with Crippen molar-refractivity contribution in [2.75, 3.05) is 30.9 Å². The average molecular weight is 280 g/mol. The molecule has 0 aliphatic rings. The number of nitrogens with zero attached hydrogens (tertiary/aromatic N) is 2. The molecule has 1 unspecified atom stereocenters. The molecule has 0 fully saturated rings. The highest BCUT2D eigenvalue weighted by atomic mass is 16.5. The fraction of sp³-hybridized carbons (Fsp3) is 0.733. The van der Waals surface area contributed by atoms with Crippen molar-refractivity contribution in [2.24, 2.45) is 5.92 Å². The summed E-state index contributed by atoms with van der Waals surface area (Å²) in [4.78, 5) is 8.78. The van der Waals surface area contributed by atoms with E-state index in [9.17, 15) is 0 Å². The lowest BCUT2D eigenvalue weighted by Crippen LogP contribution is -2.31. The van der Waals surface area contributed by atoms with Crippen LogP contribution in [0.3, 0.4) is 0 Å². The monoisotopic (exact) mass is 280 g/mol. The number of hydrogen-bond donors (Lipinski definition) is 2. The zero-order valence-corrected chi connectivity index (χ0v) is 13.5. The number of hydrogen-bond acceptors (Lipinski definition) is 5. The van der Waals surface area contributed by atoms with Crippen molar-refractivity contribution in [3.63, 3.8) is 0 Å². The molecule has 1 atom stereocenters. The van der Waals surface area contributed by atoms with Crippen molar-refractivity contribution in [1.82, 2.24) is 9.97 Å². The lowest BCUT2D eigenvalue weighted by atomic mass is 10.0. The molecule has 0 saturated carbocycles. The van der Waals surface area contributed by atoms with Crippen LogP contribution in [0.5, 0.6) is 0 Å². The molecule has 0 aliphatic carbocycles. The van der Waals surface area contributed by atoms with Crippen LogP contribution in [0.1, 0.15) is 46.1 Å². The Morgan fingerprint density at radius 2 is 1.80 bits per heavy atom. The lowest BCUT2D eigenvalue weighted by molar-refractivity contribution is 0.171. The van der Waals surface area contributed by atoms with Crippen LogP contribution in [0.25, 0.3) is 0 Å². The Hall–Kier alpha value is -1.36. The van der Waals surface area contributed by atoms with Crippen LogP contribution < -0.4 is 10.6 Å². The summed E-state index contributed by atoms with van der Waals surface area (Å²) < 4.78 is 5.29. The fourth-order valence-electron chi connectivity index (χ4n) is 2.12. The summed E-state index contributed by atoms with van der Waals surface area (Å²) in [6.45, 7) is 12.3. The minimum Gasteiger partial charge on any atom is -0.383 e. The van der Waals surface area contributed by atoms with Gasteiger partial charge in [-0.15, -0.1) is 0 Å². The van der Waals surface area contributed by atoms with Crippen molar-refractivity contribution in [2.45, 2.75) is 46.6 Å². The molecule has 0 spiro atoms. The first-order valence-electron chi connectivity index (χ1n) is 7.35. The van der Waals surface area contributed by atoms with Crippen molar-refractivity contribution < 1.29 is 4.74 Å².